The van der Waals surface area contributed by atoms with Gasteiger partial charge in [-0.25, -0.2) is 4.98 Å². The van der Waals surface area contributed by atoms with Gasteiger partial charge in [0.2, 0.25) is 0 Å². The zero-order valence-electron chi connectivity index (χ0n) is 15.7. The number of methoxy groups -OCH3 is 2. The number of primary amides is 1. The number of rotatable bonds is 5. The molecule has 28 heavy (non-hydrogen) atoms. The topological polar surface area (TPSA) is 97.2 Å². The van der Waals surface area contributed by atoms with E-state index in [1.165, 1.54) is 14.2 Å². The molecular weight excluding hydrogens is 358 g/mol. The first-order valence-corrected chi connectivity index (χ1v) is 8.54. The van der Waals surface area contributed by atoms with Gasteiger partial charge in [-0.05, 0) is 29.8 Å². The number of carbonyl (C=O) groups is 1. The van der Waals surface area contributed by atoms with Gasteiger partial charge in [0.15, 0.2) is 11.5 Å². The van der Waals surface area contributed by atoms with E-state index in [-0.39, 0.29) is 5.56 Å². The molecule has 0 bridgehead atoms. The molecular formula is C20H19N5O3. The maximum absolute atomic E-state index is 11.7. The molecule has 142 valence electrons. The van der Waals surface area contributed by atoms with Crippen LogP contribution < -0.4 is 15.2 Å². The van der Waals surface area contributed by atoms with Crippen LogP contribution >= 0.6 is 0 Å². The van der Waals surface area contributed by atoms with Crippen LogP contribution in [0, 0.1) is 0 Å². The van der Waals surface area contributed by atoms with E-state index in [4.69, 9.17) is 15.2 Å². The molecule has 2 N–H and O–H groups in total. The number of nitrogens with zero attached hydrogens (tertiary/aromatic N) is 4. The monoisotopic (exact) mass is 377 g/mol. The second-order valence-corrected chi connectivity index (χ2v) is 6.28. The fourth-order valence-electron chi connectivity index (χ4n) is 3.29. The Labute approximate surface area is 161 Å². The Balaban J connectivity index is 1.87. The molecule has 0 saturated carbocycles. The molecule has 0 unspecified atom stereocenters. The summed E-state index contributed by atoms with van der Waals surface area (Å²) < 4.78 is 14.6. The number of hydrogen-bond donors (Lipinski definition) is 1. The predicted molar refractivity (Wildman–Crippen MR) is 105 cm³/mol. The average molecular weight is 377 g/mol. The van der Waals surface area contributed by atoms with Gasteiger partial charge < -0.3 is 15.2 Å². The second kappa shape index (κ2) is 6.73. The molecule has 0 atom stereocenters. The number of aromatic nitrogens is 4. The number of ether oxygens (including phenoxy) is 2. The fourth-order valence-corrected chi connectivity index (χ4v) is 3.29. The van der Waals surface area contributed by atoms with E-state index in [0.29, 0.717) is 17.2 Å². The van der Waals surface area contributed by atoms with Crippen LogP contribution in [-0.4, -0.2) is 39.5 Å². The van der Waals surface area contributed by atoms with Crippen LogP contribution in [0.2, 0.25) is 0 Å². The summed E-state index contributed by atoms with van der Waals surface area (Å²) in [5, 5.41) is 4.21. The lowest BCUT2D eigenvalue weighted by Gasteiger charge is -2.16. The standard InChI is InChI=1S/C20H19N5O3/c1-24-10-13(9-23-24)12-4-6-16-15(8-12)22-11-25(16)17-7-5-14(20(21)26)18(27-2)19(17)28-3/h4-11H,1-3H3,(H2,21,26). The molecule has 0 fully saturated rings. The molecule has 0 saturated heterocycles. The van der Waals surface area contributed by atoms with Gasteiger partial charge in [-0.2, -0.15) is 5.10 Å². The molecule has 1 amide bonds. The molecule has 0 aliphatic rings. The summed E-state index contributed by atoms with van der Waals surface area (Å²) in [6.45, 7) is 0. The summed E-state index contributed by atoms with van der Waals surface area (Å²) in [5.74, 6) is 0.120. The highest BCUT2D eigenvalue weighted by molar-refractivity contribution is 5.97. The van der Waals surface area contributed by atoms with Crippen LogP contribution in [0.3, 0.4) is 0 Å². The van der Waals surface area contributed by atoms with E-state index >= 15 is 0 Å². The summed E-state index contributed by atoms with van der Waals surface area (Å²) >= 11 is 0. The Hall–Kier alpha value is -3.81. The summed E-state index contributed by atoms with van der Waals surface area (Å²) in [5.41, 5.74) is 10.2. The first-order chi connectivity index (χ1) is 13.5. The SMILES string of the molecule is COc1c(C(N)=O)ccc(-n2cnc3cc(-c4cnn(C)c4)ccc32)c1OC. The largest absolute Gasteiger partial charge is 0.492 e. The van der Waals surface area contributed by atoms with Gasteiger partial charge in [0.1, 0.15) is 6.33 Å². The highest BCUT2D eigenvalue weighted by atomic mass is 16.5. The van der Waals surface area contributed by atoms with Gasteiger partial charge in [0.25, 0.3) is 5.91 Å². The van der Waals surface area contributed by atoms with Gasteiger partial charge in [-0.15, -0.1) is 0 Å². The van der Waals surface area contributed by atoms with Crippen molar-refractivity contribution in [1.29, 1.82) is 0 Å². The van der Waals surface area contributed by atoms with Gasteiger partial charge in [-0.3, -0.25) is 14.0 Å². The van der Waals surface area contributed by atoms with Crippen LogP contribution in [-0.2, 0) is 7.05 Å². The van der Waals surface area contributed by atoms with Crippen molar-refractivity contribution in [3.63, 3.8) is 0 Å². The van der Waals surface area contributed by atoms with Gasteiger partial charge >= 0.3 is 0 Å². The minimum absolute atomic E-state index is 0.256. The van der Waals surface area contributed by atoms with Gasteiger partial charge in [0, 0.05) is 18.8 Å². The van der Waals surface area contributed by atoms with Crippen molar-refractivity contribution in [2.45, 2.75) is 0 Å². The van der Waals surface area contributed by atoms with Crippen LogP contribution in [0.15, 0.2) is 49.1 Å². The molecule has 0 aliphatic carbocycles. The smallest absolute Gasteiger partial charge is 0.252 e. The number of nitrogens with two attached hydrogens (primary N) is 1. The van der Waals surface area contributed by atoms with Gasteiger partial charge in [-0.1, -0.05) is 6.07 Å². The van der Waals surface area contributed by atoms with Crippen molar-refractivity contribution in [3.05, 3.63) is 54.6 Å². The van der Waals surface area contributed by atoms with Crippen LogP contribution in [0.5, 0.6) is 11.5 Å². The van der Waals surface area contributed by atoms with E-state index in [2.05, 4.69) is 10.1 Å². The van der Waals surface area contributed by atoms with E-state index in [0.717, 1.165) is 22.2 Å². The number of hydrogen-bond acceptors (Lipinski definition) is 5. The fraction of sp³-hybridized carbons (Fsp3) is 0.150. The number of aryl methyl sites for hydroxylation is 1. The third-order valence-corrected chi connectivity index (χ3v) is 4.61. The van der Waals surface area contributed by atoms with Crippen molar-refractivity contribution in [2.75, 3.05) is 14.2 Å². The number of amides is 1. The minimum atomic E-state index is -0.585. The molecule has 2 aromatic heterocycles. The predicted octanol–water partition coefficient (Wildman–Crippen LogP) is 2.54. The third-order valence-electron chi connectivity index (χ3n) is 4.61. The third kappa shape index (κ3) is 2.75. The molecule has 4 rings (SSSR count). The van der Waals surface area contributed by atoms with E-state index in [1.807, 2.05) is 42.2 Å². The van der Waals surface area contributed by atoms with Crippen molar-refractivity contribution in [3.8, 4) is 28.3 Å². The lowest BCUT2D eigenvalue weighted by Crippen LogP contribution is -2.13. The normalized spacial score (nSPS) is 11.0. The van der Waals surface area contributed by atoms with Crippen molar-refractivity contribution >= 4 is 16.9 Å². The summed E-state index contributed by atoms with van der Waals surface area (Å²) in [4.78, 5) is 16.2. The number of fused-ring (bicyclic) bond motifs is 1. The number of imidazole rings is 1. The molecule has 2 heterocycles. The van der Waals surface area contributed by atoms with Crippen LogP contribution in [0.4, 0.5) is 0 Å². The van der Waals surface area contributed by atoms with E-state index in [9.17, 15) is 4.79 Å². The van der Waals surface area contributed by atoms with Crippen molar-refractivity contribution in [2.24, 2.45) is 12.8 Å². The molecule has 0 spiro atoms. The lowest BCUT2D eigenvalue weighted by atomic mass is 10.1. The maximum atomic E-state index is 11.7. The van der Waals surface area contributed by atoms with Gasteiger partial charge in [0.05, 0.1) is 42.7 Å². The Bertz CT molecular complexity index is 1190. The van der Waals surface area contributed by atoms with Crippen molar-refractivity contribution in [1.82, 2.24) is 19.3 Å². The average Bonchev–Trinajstić information content (AvgIpc) is 3.32. The van der Waals surface area contributed by atoms with Crippen molar-refractivity contribution < 1.29 is 14.3 Å². The lowest BCUT2D eigenvalue weighted by molar-refractivity contribution is 0.0996. The maximum Gasteiger partial charge on any atom is 0.252 e. The first-order valence-electron chi connectivity index (χ1n) is 8.54. The Kier molecular flexibility index (Phi) is 4.23. The summed E-state index contributed by atoms with van der Waals surface area (Å²) in [7, 11) is 4.87. The Morgan fingerprint density at radius 3 is 2.50 bits per heavy atom. The second-order valence-electron chi connectivity index (χ2n) is 6.28. The Morgan fingerprint density at radius 2 is 1.86 bits per heavy atom. The molecule has 8 heteroatoms. The minimum Gasteiger partial charge on any atom is -0.492 e. The summed E-state index contributed by atoms with van der Waals surface area (Å²) in [6.07, 6.45) is 5.47. The zero-order chi connectivity index (χ0) is 19.8. The highest BCUT2D eigenvalue weighted by Gasteiger charge is 2.20. The van der Waals surface area contributed by atoms with E-state index < -0.39 is 5.91 Å². The van der Waals surface area contributed by atoms with Crippen LogP contribution in [0.1, 0.15) is 10.4 Å². The highest BCUT2D eigenvalue weighted by Crippen LogP contribution is 2.38. The first kappa shape index (κ1) is 17.6. The summed E-state index contributed by atoms with van der Waals surface area (Å²) in [6, 6.07) is 9.38. The molecule has 4 aromatic rings. The Morgan fingerprint density at radius 1 is 1.07 bits per heavy atom. The van der Waals surface area contributed by atoms with E-state index in [1.54, 1.807) is 23.1 Å². The quantitative estimate of drug-likeness (QED) is 0.576. The van der Waals surface area contributed by atoms with Crippen LogP contribution in [0.25, 0.3) is 27.8 Å². The zero-order valence-corrected chi connectivity index (χ0v) is 15.7. The molecule has 2 aromatic carbocycles. The molecule has 0 radical (unpaired) electrons. The number of benzene rings is 2. The molecule has 8 nitrogen and oxygen atoms in total. The molecule has 0 aliphatic heterocycles. The number of carbonyl (C=O) groups excluding carboxylic acids is 1.